The van der Waals surface area contributed by atoms with Gasteiger partial charge in [-0.05, 0) is 0 Å². The van der Waals surface area contributed by atoms with Gasteiger partial charge in [0.15, 0.2) is 0 Å². The average Bonchev–Trinajstić information content (AvgIpc) is 3.51. The van der Waals surface area contributed by atoms with Crippen LogP contribution in [0, 0.1) is 39.2 Å². The number of rotatable bonds is 3. The van der Waals surface area contributed by atoms with Gasteiger partial charge in [0.25, 0.3) is 0 Å². The third-order valence-corrected chi connectivity index (χ3v) is 3.26. The Morgan fingerprint density at radius 2 is 1.30 bits per heavy atom. The van der Waals surface area contributed by atoms with Crippen LogP contribution in [0.25, 0.3) is 0 Å². The van der Waals surface area contributed by atoms with Crippen LogP contribution in [-0.4, -0.2) is 11.7 Å². The van der Waals surface area contributed by atoms with Gasteiger partial charge < -0.3 is 0 Å². The second-order valence-corrected chi connectivity index (χ2v) is 4.01. The summed E-state index contributed by atoms with van der Waals surface area (Å²) in [7, 11) is 1.73. The predicted octanol–water partition coefficient (Wildman–Crippen LogP) is 1.93. The summed E-state index contributed by atoms with van der Waals surface area (Å²) >= 11 is 2.98. The molecule has 7 heteroatoms. The summed E-state index contributed by atoms with van der Waals surface area (Å²) in [5.74, 6) is 1.28. The van der Waals surface area contributed by atoms with Crippen LogP contribution in [0.5, 0.6) is 0 Å². The molecule has 1 fully saturated rings. The standard InChI is InChI=1S/C11H12O.5CO.Cr/c1-12-8-10-7-11(10)9-5-3-2-4-6-9;5*1-2;/h2-6,10-11H,7H2,1H3;;;;;;/t10-,11-;;;;;;/m0....../s1. The molecule has 6 nitrogen and oxygen atoms in total. The van der Waals surface area contributed by atoms with Gasteiger partial charge in [0.1, 0.15) is 0 Å². The van der Waals surface area contributed by atoms with Crippen molar-refractivity contribution < 1.29 is 43.8 Å². The number of methoxy groups -OCH3 is 1. The van der Waals surface area contributed by atoms with Gasteiger partial charge in [0.05, 0.1) is 0 Å². The summed E-state index contributed by atoms with van der Waals surface area (Å²) < 4.78 is 43.7. The van der Waals surface area contributed by atoms with Gasteiger partial charge in [-0.3, -0.25) is 0 Å². The van der Waals surface area contributed by atoms with E-state index in [2.05, 4.69) is 79.4 Å². The molecule has 0 bridgehead atoms. The number of hydrogen-bond acceptors (Lipinski definition) is 1. The number of hydrogen-bond donors (Lipinski definition) is 0. The van der Waals surface area contributed by atoms with Crippen LogP contribution in [-0.2, 0) is 43.8 Å². The molecule has 0 aromatic heterocycles. The Hall–Kier alpha value is -1.72. The first-order valence-electron chi connectivity index (χ1n) is 5.47. The molecule has 118 valence electrons. The van der Waals surface area contributed by atoms with Gasteiger partial charge in [0.2, 0.25) is 0 Å². The van der Waals surface area contributed by atoms with Gasteiger partial charge in [0, 0.05) is 0 Å². The van der Waals surface area contributed by atoms with E-state index in [1.54, 1.807) is 7.11 Å². The topological polar surface area (TPSA) is 109 Å². The Morgan fingerprint density at radius 1 is 0.913 bits per heavy atom. The van der Waals surface area contributed by atoms with E-state index in [9.17, 15) is 0 Å². The van der Waals surface area contributed by atoms with Crippen molar-refractivity contribution in [3.05, 3.63) is 69.1 Å². The Labute approximate surface area is 143 Å². The molecule has 2 rings (SSSR count). The molecule has 0 saturated heterocycles. The van der Waals surface area contributed by atoms with Crippen molar-refractivity contribution in [3.63, 3.8) is 0 Å². The third-order valence-electron chi connectivity index (χ3n) is 2.52. The van der Waals surface area contributed by atoms with Gasteiger partial charge in [-0.25, -0.2) is 0 Å². The first kappa shape index (κ1) is 29.3. The van der Waals surface area contributed by atoms with Crippen molar-refractivity contribution >= 4 is 4.57 Å². The van der Waals surface area contributed by atoms with Gasteiger partial charge in [-0.1, -0.05) is 0 Å². The van der Waals surface area contributed by atoms with Crippen molar-refractivity contribution in [3.8, 4) is 0 Å². The molecule has 1 aliphatic rings. The monoisotopic (exact) mass is 352 g/mol. The molecule has 0 heterocycles. The molecular formula is C16H12CrO6. The number of ether oxygens (including phenoxy) is 1. The minimum atomic E-state index is 0.604. The molecule has 0 aliphatic heterocycles. The normalized spacial score (nSPS) is 14.9. The van der Waals surface area contributed by atoms with Crippen LogP contribution < -0.4 is 0 Å². The summed E-state index contributed by atoms with van der Waals surface area (Å²) in [6.07, 6.45) is 1.22. The summed E-state index contributed by atoms with van der Waals surface area (Å²) in [6.45, 7) is 22.5. The fourth-order valence-electron chi connectivity index (χ4n) is 1.68. The SMILES string of the molecule is CO[C](=[Cr])[C@@H]1C[C@H]1c1ccccc1.[C-]#[O+].[C-]#[O+].[C-]#[O+].[C-]#[O+].[C-]#[O+]. The van der Waals surface area contributed by atoms with E-state index < -0.39 is 0 Å². The minimum absolute atomic E-state index is 0.604. The van der Waals surface area contributed by atoms with Crippen LogP contribution >= 0.6 is 0 Å². The van der Waals surface area contributed by atoms with Crippen molar-refractivity contribution in [1.29, 1.82) is 0 Å². The second kappa shape index (κ2) is 25.2. The molecule has 0 N–H and O–H groups in total. The van der Waals surface area contributed by atoms with E-state index in [1.807, 2.05) is 0 Å². The molecule has 0 amide bonds. The van der Waals surface area contributed by atoms with E-state index >= 15 is 0 Å². The van der Waals surface area contributed by atoms with Crippen molar-refractivity contribution in [2.24, 2.45) is 5.92 Å². The molecule has 1 saturated carbocycles. The maximum atomic E-state index is 7.50. The maximum absolute atomic E-state index is 7.50. The van der Waals surface area contributed by atoms with Gasteiger partial charge in [-0.15, -0.1) is 0 Å². The fourth-order valence-corrected chi connectivity index (χ4v) is 2.08. The van der Waals surface area contributed by atoms with Gasteiger partial charge >= 0.3 is 143 Å². The van der Waals surface area contributed by atoms with Crippen LogP contribution in [0.1, 0.15) is 17.9 Å². The van der Waals surface area contributed by atoms with Crippen LogP contribution in [0.4, 0.5) is 0 Å². The first-order valence-corrected chi connectivity index (χ1v) is 6.11. The zero-order chi connectivity index (χ0) is 19.3. The van der Waals surface area contributed by atoms with E-state index in [-0.39, 0.29) is 0 Å². The summed E-state index contributed by atoms with van der Waals surface area (Å²) in [5, 5.41) is 0. The summed E-state index contributed by atoms with van der Waals surface area (Å²) in [6, 6.07) is 10.6. The molecule has 1 aliphatic carbocycles. The van der Waals surface area contributed by atoms with E-state index in [0.717, 1.165) is 4.57 Å². The van der Waals surface area contributed by atoms with Crippen molar-refractivity contribution in [2.45, 2.75) is 12.3 Å². The van der Waals surface area contributed by atoms with E-state index in [1.165, 1.54) is 12.0 Å². The fraction of sp³-hybridized carbons (Fsp3) is 0.250. The van der Waals surface area contributed by atoms with E-state index in [4.69, 9.17) is 28.0 Å². The quantitative estimate of drug-likeness (QED) is 0.601. The molecule has 1 aromatic carbocycles. The van der Waals surface area contributed by atoms with Crippen molar-refractivity contribution in [1.82, 2.24) is 0 Å². The molecule has 2 atom stereocenters. The molecule has 0 spiro atoms. The Balaban J connectivity index is -0.000000156. The second-order valence-electron chi connectivity index (χ2n) is 3.38. The summed E-state index contributed by atoms with van der Waals surface area (Å²) in [4.78, 5) is 0. The van der Waals surface area contributed by atoms with Crippen LogP contribution in [0.15, 0.2) is 30.3 Å². The predicted molar refractivity (Wildman–Crippen MR) is 69.0 cm³/mol. The van der Waals surface area contributed by atoms with Crippen molar-refractivity contribution in [2.75, 3.05) is 7.11 Å². The molecule has 0 radical (unpaired) electrons. The Morgan fingerprint density at radius 3 is 1.65 bits per heavy atom. The van der Waals surface area contributed by atoms with Crippen LogP contribution in [0.3, 0.4) is 0 Å². The molecular weight excluding hydrogens is 340 g/mol. The Bertz CT molecular complexity index is 466. The Kier molecular flexibility index (Phi) is 32.2. The van der Waals surface area contributed by atoms with Crippen LogP contribution in [0.2, 0.25) is 0 Å². The molecule has 23 heavy (non-hydrogen) atoms. The molecule has 0 unspecified atom stereocenters. The third kappa shape index (κ3) is 13.7. The zero-order valence-electron chi connectivity index (χ0n) is 12.1. The first-order chi connectivity index (χ1) is 11.3. The number of benzene rings is 1. The zero-order valence-corrected chi connectivity index (χ0v) is 13.4. The summed E-state index contributed by atoms with van der Waals surface area (Å²) in [5.41, 5.74) is 1.43. The van der Waals surface area contributed by atoms with Gasteiger partial charge in [-0.2, -0.15) is 0 Å². The molecule has 1 aromatic rings. The average molecular weight is 352 g/mol. The van der Waals surface area contributed by atoms with E-state index in [0.29, 0.717) is 11.8 Å².